The number of benzene rings is 2. The average Bonchev–Trinajstić information content (AvgIpc) is 3.41. The minimum absolute atomic E-state index is 0.0149. The van der Waals surface area contributed by atoms with Crippen LogP contribution < -0.4 is 5.32 Å². The lowest BCUT2D eigenvalue weighted by molar-refractivity contribution is -0.118. The third-order valence-corrected chi connectivity index (χ3v) is 6.45. The van der Waals surface area contributed by atoms with E-state index in [1.54, 1.807) is 6.26 Å². The maximum atomic E-state index is 12.5. The number of furan rings is 1. The molecule has 0 atom stereocenters. The van der Waals surface area contributed by atoms with Crippen molar-refractivity contribution in [3.8, 4) is 11.4 Å². The maximum Gasteiger partial charge on any atom is 0.230 e. The molecule has 0 spiro atoms. The molecule has 0 aliphatic heterocycles. The number of nitrogens with zero attached hydrogens (tertiary/aromatic N) is 3. The summed E-state index contributed by atoms with van der Waals surface area (Å²) in [5.74, 6) is 2.04. The molecule has 0 saturated heterocycles. The van der Waals surface area contributed by atoms with Crippen molar-refractivity contribution in [2.75, 3.05) is 12.3 Å². The molecule has 0 aliphatic carbocycles. The normalized spacial score (nSPS) is 11.1. The summed E-state index contributed by atoms with van der Waals surface area (Å²) in [6.07, 6.45) is 2.47. The van der Waals surface area contributed by atoms with E-state index in [0.717, 1.165) is 23.6 Å². The molecule has 0 unspecified atom stereocenters. The van der Waals surface area contributed by atoms with E-state index >= 15 is 0 Å². The molecule has 0 bridgehead atoms. The largest absolute Gasteiger partial charge is 0.469 e. The van der Waals surface area contributed by atoms with Crippen LogP contribution in [-0.2, 0) is 11.8 Å². The number of aromatic nitrogens is 3. The highest BCUT2D eigenvalue weighted by Gasteiger charge is 2.17. The van der Waals surface area contributed by atoms with Crippen LogP contribution in [0.2, 0.25) is 0 Å². The van der Waals surface area contributed by atoms with Crippen molar-refractivity contribution in [2.24, 2.45) is 7.05 Å². The van der Waals surface area contributed by atoms with Crippen molar-refractivity contribution in [2.45, 2.75) is 24.4 Å². The van der Waals surface area contributed by atoms with Gasteiger partial charge in [0.05, 0.1) is 17.6 Å². The van der Waals surface area contributed by atoms with Gasteiger partial charge in [-0.1, -0.05) is 72.4 Å². The molecule has 32 heavy (non-hydrogen) atoms. The first-order valence-electron chi connectivity index (χ1n) is 10.6. The highest BCUT2D eigenvalue weighted by atomic mass is 32.2. The topological polar surface area (TPSA) is 72.9 Å². The van der Waals surface area contributed by atoms with Gasteiger partial charge in [0.2, 0.25) is 5.91 Å². The van der Waals surface area contributed by atoms with Gasteiger partial charge in [-0.25, -0.2) is 0 Å². The summed E-state index contributed by atoms with van der Waals surface area (Å²) >= 11 is 1.38. The van der Waals surface area contributed by atoms with Crippen molar-refractivity contribution in [1.29, 1.82) is 0 Å². The summed E-state index contributed by atoms with van der Waals surface area (Å²) in [6.45, 7) is 2.49. The average molecular weight is 447 g/mol. The molecule has 6 nitrogen and oxygen atoms in total. The number of rotatable bonds is 9. The monoisotopic (exact) mass is 446 g/mol. The first-order valence-corrected chi connectivity index (χ1v) is 11.6. The lowest BCUT2D eigenvalue weighted by Crippen LogP contribution is -2.27. The second kappa shape index (κ2) is 10.3. The molecule has 7 heteroatoms. The van der Waals surface area contributed by atoms with Gasteiger partial charge in [-0.05, 0) is 30.5 Å². The molecule has 4 rings (SSSR count). The quantitative estimate of drug-likeness (QED) is 0.373. The minimum Gasteiger partial charge on any atom is -0.469 e. The Morgan fingerprint density at radius 2 is 1.69 bits per heavy atom. The molecule has 0 saturated carbocycles. The van der Waals surface area contributed by atoms with Gasteiger partial charge < -0.3 is 14.3 Å². The lowest BCUT2D eigenvalue weighted by Gasteiger charge is -2.18. The van der Waals surface area contributed by atoms with Gasteiger partial charge in [0.1, 0.15) is 5.76 Å². The summed E-state index contributed by atoms with van der Waals surface area (Å²) in [5.41, 5.74) is 3.41. The van der Waals surface area contributed by atoms with Crippen LogP contribution in [0.4, 0.5) is 0 Å². The zero-order chi connectivity index (χ0) is 22.3. The van der Waals surface area contributed by atoms with Crippen molar-refractivity contribution in [3.63, 3.8) is 0 Å². The molecule has 2 aromatic heterocycles. The number of nitrogens with one attached hydrogen (secondary N) is 1. The Kier molecular flexibility index (Phi) is 7.07. The molecule has 164 valence electrons. The number of carbonyl (C=O) groups is 1. The second-order valence-corrected chi connectivity index (χ2v) is 8.50. The van der Waals surface area contributed by atoms with Gasteiger partial charge in [0.25, 0.3) is 0 Å². The van der Waals surface area contributed by atoms with Crippen LogP contribution in [0.15, 0.2) is 82.6 Å². The first kappa shape index (κ1) is 21.9. The van der Waals surface area contributed by atoms with E-state index < -0.39 is 0 Å². The summed E-state index contributed by atoms with van der Waals surface area (Å²) in [4.78, 5) is 12.5. The Labute approximate surface area is 192 Å². The third-order valence-electron chi connectivity index (χ3n) is 5.43. The molecule has 0 fully saturated rings. The smallest absolute Gasteiger partial charge is 0.230 e. The second-order valence-electron chi connectivity index (χ2n) is 7.56. The van der Waals surface area contributed by atoms with Crippen molar-refractivity contribution in [1.82, 2.24) is 20.1 Å². The van der Waals surface area contributed by atoms with Gasteiger partial charge in [-0.2, -0.15) is 0 Å². The van der Waals surface area contributed by atoms with Gasteiger partial charge in [0.15, 0.2) is 11.0 Å². The van der Waals surface area contributed by atoms with E-state index in [9.17, 15) is 4.79 Å². The molecular formula is C25H26N4O2S. The Bertz CT molecular complexity index is 1120. The molecular weight excluding hydrogens is 420 g/mol. The zero-order valence-electron chi connectivity index (χ0n) is 18.2. The molecule has 0 radical (unpaired) electrons. The van der Waals surface area contributed by atoms with E-state index in [-0.39, 0.29) is 17.6 Å². The van der Waals surface area contributed by atoms with Crippen LogP contribution >= 0.6 is 11.8 Å². The summed E-state index contributed by atoms with van der Waals surface area (Å²) < 4.78 is 7.24. The van der Waals surface area contributed by atoms with Crippen molar-refractivity contribution in [3.05, 3.63) is 89.9 Å². The standard InChI is InChI=1S/C25H26N4O2S/c1-18-21(14-16-31-18)24-27-28-25(29(24)2)32-17-23(30)26-15-13-22(19-9-5-3-6-10-19)20-11-7-4-8-12-20/h3-12,14,16,22H,13,15,17H2,1-2H3,(H,26,30). The molecule has 1 amide bonds. The SMILES string of the molecule is Cc1occc1-c1nnc(SCC(=O)NCCC(c2ccccc2)c2ccccc2)n1C. The molecule has 4 aromatic rings. The Morgan fingerprint density at radius 3 is 2.28 bits per heavy atom. The van der Waals surface area contributed by atoms with Gasteiger partial charge in [-0.15, -0.1) is 10.2 Å². The van der Waals surface area contributed by atoms with E-state index in [0.29, 0.717) is 11.7 Å². The van der Waals surface area contributed by atoms with Gasteiger partial charge in [0, 0.05) is 19.5 Å². The number of hydrogen-bond acceptors (Lipinski definition) is 5. The van der Waals surface area contributed by atoms with Crippen LogP contribution in [0.25, 0.3) is 11.4 Å². The summed E-state index contributed by atoms with van der Waals surface area (Å²) in [6, 6.07) is 22.7. The number of hydrogen-bond donors (Lipinski definition) is 1. The third kappa shape index (κ3) is 5.11. The highest BCUT2D eigenvalue weighted by Crippen LogP contribution is 2.28. The van der Waals surface area contributed by atoms with Crippen molar-refractivity contribution < 1.29 is 9.21 Å². The number of amides is 1. The number of thioether (sulfide) groups is 1. The fourth-order valence-electron chi connectivity index (χ4n) is 3.73. The summed E-state index contributed by atoms with van der Waals surface area (Å²) in [5, 5.41) is 12.2. The highest BCUT2D eigenvalue weighted by molar-refractivity contribution is 7.99. The fraction of sp³-hybridized carbons (Fsp3) is 0.240. The van der Waals surface area contributed by atoms with E-state index in [1.165, 1.54) is 22.9 Å². The molecule has 1 N–H and O–H groups in total. The Hall–Kier alpha value is -3.32. The number of aryl methyl sites for hydroxylation is 1. The van der Waals surface area contributed by atoms with Gasteiger partial charge in [-0.3, -0.25) is 4.79 Å². The maximum absolute atomic E-state index is 12.5. The molecule has 0 aliphatic rings. The van der Waals surface area contributed by atoms with Crippen LogP contribution in [0.5, 0.6) is 0 Å². The van der Waals surface area contributed by atoms with E-state index in [2.05, 4.69) is 64.0 Å². The summed E-state index contributed by atoms with van der Waals surface area (Å²) in [7, 11) is 1.90. The minimum atomic E-state index is -0.0149. The lowest BCUT2D eigenvalue weighted by atomic mass is 9.88. The van der Waals surface area contributed by atoms with Gasteiger partial charge >= 0.3 is 0 Å². The predicted octanol–water partition coefficient (Wildman–Crippen LogP) is 4.81. The van der Waals surface area contributed by atoms with Crippen LogP contribution in [0.3, 0.4) is 0 Å². The number of carbonyl (C=O) groups excluding carboxylic acids is 1. The molecule has 2 heterocycles. The first-order chi connectivity index (χ1) is 15.6. The fourth-order valence-corrected chi connectivity index (χ4v) is 4.47. The van der Waals surface area contributed by atoms with Crippen LogP contribution in [0.1, 0.15) is 29.2 Å². The zero-order valence-corrected chi connectivity index (χ0v) is 19.0. The van der Waals surface area contributed by atoms with Crippen molar-refractivity contribution >= 4 is 17.7 Å². The van der Waals surface area contributed by atoms with Crippen LogP contribution in [-0.4, -0.2) is 33.0 Å². The van der Waals surface area contributed by atoms with Crippen LogP contribution in [0, 0.1) is 6.92 Å². The predicted molar refractivity (Wildman–Crippen MR) is 127 cm³/mol. The Morgan fingerprint density at radius 1 is 1.03 bits per heavy atom. The van der Waals surface area contributed by atoms with E-state index in [1.807, 2.05) is 36.7 Å². The molecule has 2 aromatic carbocycles. The Balaban J connectivity index is 1.32. The van der Waals surface area contributed by atoms with E-state index in [4.69, 9.17) is 4.42 Å².